The molecule has 0 amide bonds. The van der Waals surface area contributed by atoms with Gasteiger partial charge in [-0.25, -0.2) is 25.3 Å². The maximum atomic E-state index is 14.6. The summed E-state index contributed by atoms with van der Waals surface area (Å²) in [7, 11) is -11.7. The van der Waals surface area contributed by atoms with Crippen LogP contribution in [0.1, 0.15) is 66.8 Å². The van der Waals surface area contributed by atoms with Gasteiger partial charge in [0.25, 0.3) is 0 Å². The SMILES string of the molecule is Cc1ccc(S(=O)(=O)N2Cc3c(C)c4cc(c3C2)c2cccc(c2)c2cc(c3c(c2C)CN(S(=O)(=O)c2ccc(C)cc2)C3)c2cccc(c2)c2cc(c3c(c2C)CN(S(=O)(=O)c2ccc(C)cc2)C3)c2cccc4c2)cc1. The molecule has 10 aromatic rings. The number of hydrogen-bond donors (Lipinski definition) is 0. The molecule has 390 valence electrons. The fourth-order valence-corrected chi connectivity index (χ4v) is 16.5. The summed E-state index contributed by atoms with van der Waals surface area (Å²) in [5.41, 5.74) is 11.6. The fraction of sp³-hybridized carbons (Fsp3) is 0.182. The Hall–Kier alpha value is -7.29. The zero-order valence-electron chi connectivity index (χ0n) is 44.3. The number of aryl methyl sites for hydroxylation is 6. The molecule has 0 saturated carbocycles. The van der Waals surface area contributed by atoms with Gasteiger partial charge in [-0.2, -0.15) is 12.9 Å². The van der Waals surface area contributed by atoms with Gasteiger partial charge in [-0.3, -0.25) is 0 Å². The van der Waals surface area contributed by atoms with Gasteiger partial charge in [0.2, 0.25) is 30.1 Å². The van der Waals surface area contributed by atoms with E-state index in [2.05, 4.69) is 112 Å². The van der Waals surface area contributed by atoms with Crippen LogP contribution in [0.3, 0.4) is 0 Å². The highest BCUT2D eigenvalue weighted by Gasteiger charge is 2.36. The highest BCUT2D eigenvalue weighted by atomic mass is 32.2. The molecule has 0 aromatic heterocycles. The molecule has 3 aliphatic rings. The molecule has 0 spiro atoms. The van der Waals surface area contributed by atoms with E-state index in [0.717, 1.165) is 131 Å². The van der Waals surface area contributed by atoms with Gasteiger partial charge in [-0.05, 0) is 229 Å². The molecule has 13 rings (SSSR count). The Labute approximate surface area is 456 Å². The van der Waals surface area contributed by atoms with E-state index in [1.165, 1.54) is 0 Å². The number of benzene rings is 9. The third-order valence-corrected chi connectivity index (χ3v) is 22.4. The van der Waals surface area contributed by atoms with Crippen LogP contribution in [0.2, 0.25) is 0 Å². The summed E-state index contributed by atoms with van der Waals surface area (Å²) in [5, 5.41) is 11.4. The van der Waals surface area contributed by atoms with Crippen LogP contribution in [0.4, 0.5) is 0 Å². The van der Waals surface area contributed by atoms with Crippen LogP contribution in [0.25, 0.3) is 64.6 Å². The largest absolute Gasteiger partial charge is 0.243 e. The van der Waals surface area contributed by atoms with E-state index >= 15 is 0 Å². The first-order chi connectivity index (χ1) is 37.3. The predicted octanol–water partition coefficient (Wildman–Crippen LogP) is 14.3. The number of fused-ring (bicyclic) bond motifs is 24. The summed E-state index contributed by atoms with van der Waals surface area (Å²) in [6, 6.07) is 53.2. The number of hydrogen-bond acceptors (Lipinski definition) is 6. The topological polar surface area (TPSA) is 112 Å². The maximum absolute atomic E-state index is 14.6. The first kappa shape index (κ1) is 50.2. The van der Waals surface area contributed by atoms with Crippen molar-refractivity contribution in [2.75, 3.05) is 0 Å². The summed E-state index contributed by atoms with van der Waals surface area (Å²) in [6.07, 6.45) is 0. The lowest BCUT2D eigenvalue weighted by molar-refractivity contribution is 0.431. The minimum absolute atomic E-state index is 0.191. The zero-order valence-corrected chi connectivity index (χ0v) is 46.8. The minimum Gasteiger partial charge on any atom is -0.207 e. The van der Waals surface area contributed by atoms with Gasteiger partial charge in [0.15, 0.2) is 0 Å². The third-order valence-electron chi connectivity index (χ3n) is 16.9. The average Bonchev–Trinajstić information content (AvgIpc) is 4.42. The van der Waals surface area contributed by atoms with Crippen LogP contribution in [0.15, 0.2) is 178 Å². The Kier molecular flexibility index (Phi) is 11.9. The summed E-state index contributed by atoms with van der Waals surface area (Å²) in [4.78, 5) is 0.753. The number of rotatable bonds is 6. The lowest BCUT2D eigenvalue weighted by Crippen LogP contribution is -2.25. The molecule has 3 heterocycles. The Bertz CT molecular complexity index is 4250. The van der Waals surface area contributed by atoms with Gasteiger partial charge in [-0.15, -0.1) is 0 Å². The second-order valence-corrected chi connectivity index (χ2v) is 27.5. The average molecular weight is 1080 g/mol. The number of sulfonamides is 3. The van der Waals surface area contributed by atoms with E-state index in [0.29, 0.717) is 0 Å². The molecule has 9 nitrogen and oxygen atoms in total. The summed E-state index contributed by atoms with van der Waals surface area (Å²) >= 11 is 0. The predicted molar refractivity (Wildman–Crippen MR) is 315 cm³/mol. The summed E-state index contributed by atoms with van der Waals surface area (Å²) in [6.45, 7) is 13.3. The van der Waals surface area contributed by atoms with Gasteiger partial charge in [0.1, 0.15) is 0 Å². The maximum Gasteiger partial charge on any atom is 0.243 e. The van der Waals surface area contributed by atoms with Gasteiger partial charge >= 0.3 is 0 Å². The van der Waals surface area contributed by atoms with Crippen LogP contribution in [-0.4, -0.2) is 38.2 Å². The molecule has 0 radical (unpaired) electrons. The fourth-order valence-electron chi connectivity index (χ4n) is 12.4. The molecular formula is C66H57N3O6S3. The Morgan fingerprint density at radius 3 is 0.731 bits per heavy atom. The highest BCUT2D eigenvalue weighted by molar-refractivity contribution is 7.89. The van der Waals surface area contributed by atoms with Crippen molar-refractivity contribution in [3.8, 4) is 0 Å². The quantitative estimate of drug-likeness (QED) is 0.164. The van der Waals surface area contributed by atoms with E-state index in [1.54, 1.807) is 49.3 Å². The van der Waals surface area contributed by atoms with Gasteiger partial charge in [0.05, 0.1) is 14.7 Å². The smallest absolute Gasteiger partial charge is 0.207 e. The minimum atomic E-state index is -3.89. The number of nitrogens with zero attached hydrogens (tertiary/aromatic N) is 3. The van der Waals surface area contributed by atoms with Crippen molar-refractivity contribution in [1.82, 2.24) is 12.9 Å². The van der Waals surface area contributed by atoms with Crippen LogP contribution < -0.4 is 0 Å². The highest BCUT2D eigenvalue weighted by Crippen LogP contribution is 2.43. The van der Waals surface area contributed by atoms with E-state index in [4.69, 9.17) is 0 Å². The lowest BCUT2D eigenvalue weighted by atomic mass is 9.91. The molecule has 0 N–H and O–H groups in total. The molecule has 12 heteroatoms. The zero-order chi connectivity index (χ0) is 54.2. The van der Waals surface area contributed by atoms with Crippen LogP contribution in [-0.2, 0) is 69.3 Å². The van der Waals surface area contributed by atoms with Crippen molar-refractivity contribution in [3.05, 3.63) is 231 Å². The van der Waals surface area contributed by atoms with E-state index in [1.807, 2.05) is 57.2 Å². The second-order valence-electron chi connectivity index (χ2n) is 21.7. The Balaban J connectivity index is 1.13. The van der Waals surface area contributed by atoms with Gasteiger partial charge in [-0.1, -0.05) is 108 Å². The molecule has 0 aliphatic carbocycles. The van der Waals surface area contributed by atoms with Crippen molar-refractivity contribution in [2.45, 2.75) is 95.5 Å². The summed E-state index contributed by atoms with van der Waals surface area (Å²) in [5.74, 6) is 0. The molecular weight excluding hydrogens is 1030 g/mol. The molecule has 0 unspecified atom stereocenters. The first-order valence-electron chi connectivity index (χ1n) is 26.3. The van der Waals surface area contributed by atoms with Crippen molar-refractivity contribution in [3.63, 3.8) is 0 Å². The molecule has 78 heavy (non-hydrogen) atoms. The lowest BCUT2D eigenvalue weighted by Gasteiger charge is -2.16. The Morgan fingerprint density at radius 2 is 0.487 bits per heavy atom. The van der Waals surface area contributed by atoms with Crippen LogP contribution >= 0.6 is 0 Å². The molecule has 0 atom stereocenters. The normalized spacial score (nSPS) is 15.2. The molecule has 0 fully saturated rings. The van der Waals surface area contributed by atoms with Crippen molar-refractivity contribution >= 4 is 94.7 Å². The van der Waals surface area contributed by atoms with Crippen LogP contribution in [0.5, 0.6) is 0 Å². The standard InChI is InChI=1S/C66H57N3O6S3/c1-40-16-22-52(23-17-40)76(70,71)67-34-61-43(4)55-31-58(64(61)37-67)49-13-7-11-47(28-49)56-32-60(66-39-68(35-62(66)44(56)5)77(72,73)53-24-18-41(2)19-25-53)51-15-9-12-48(30-51)57-33-59(50-14-8-10-46(55)29-50)65-38-69(36-63(65)45(57)6)78(74,75)54-26-20-42(3)21-27-54/h7-33H,34-39H2,1-6H3. The van der Waals surface area contributed by atoms with Crippen molar-refractivity contribution in [1.29, 1.82) is 0 Å². The monoisotopic (exact) mass is 1080 g/mol. The first-order valence-corrected chi connectivity index (χ1v) is 30.7. The Morgan fingerprint density at radius 1 is 0.269 bits per heavy atom. The molecule has 12 bridgehead atoms. The van der Waals surface area contributed by atoms with E-state index in [9.17, 15) is 25.3 Å². The van der Waals surface area contributed by atoms with E-state index in [-0.39, 0.29) is 54.0 Å². The van der Waals surface area contributed by atoms with Gasteiger partial charge < -0.3 is 0 Å². The van der Waals surface area contributed by atoms with E-state index < -0.39 is 30.1 Å². The molecule has 3 aliphatic heterocycles. The van der Waals surface area contributed by atoms with Crippen LogP contribution in [0, 0.1) is 41.5 Å². The second kappa shape index (κ2) is 18.4. The van der Waals surface area contributed by atoms with Crippen molar-refractivity contribution in [2.24, 2.45) is 0 Å². The molecule has 10 aromatic carbocycles. The van der Waals surface area contributed by atoms with Crippen molar-refractivity contribution < 1.29 is 25.3 Å². The summed E-state index contributed by atoms with van der Waals surface area (Å²) < 4.78 is 92.2. The van der Waals surface area contributed by atoms with Gasteiger partial charge in [0, 0.05) is 39.3 Å². The third kappa shape index (κ3) is 8.14. The molecule has 0 saturated heterocycles.